The zero-order chi connectivity index (χ0) is 12.4. The van der Waals surface area contributed by atoms with Crippen LogP contribution < -0.4 is 5.32 Å². The van der Waals surface area contributed by atoms with Gasteiger partial charge in [-0.15, -0.1) is 11.3 Å². The summed E-state index contributed by atoms with van der Waals surface area (Å²) in [7, 11) is 0. The van der Waals surface area contributed by atoms with Crippen molar-refractivity contribution in [3.8, 4) is 0 Å². The van der Waals surface area contributed by atoms with Crippen molar-refractivity contribution in [2.45, 2.75) is 25.7 Å². The second-order valence-corrected chi connectivity index (χ2v) is 5.91. The molecule has 0 saturated heterocycles. The standard InChI is InChI=1S/C13H15N3S2/c17-13-15-11(8-9-4-3-7-18-9)10-5-1-2-6-14-12(10)16-13/h3-4,7H,1-2,5-6,8H2,(H2,14,15,16,17). The molecule has 0 aliphatic carbocycles. The van der Waals surface area contributed by atoms with E-state index in [2.05, 4.69) is 32.8 Å². The van der Waals surface area contributed by atoms with Crippen molar-refractivity contribution < 1.29 is 0 Å². The van der Waals surface area contributed by atoms with Crippen LogP contribution in [0.5, 0.6) is 0 Å². The Kier molecular flexibility index (Phi) is 3.43. The highest BCUT2D eigenvalue weighted by Gasteiger charge is 2.14. The largest absolute Gasteiger partial charge is 0.370 e. The van der Waals surface area contributed by atoms with Crippen LogP contribution in [-0.4, -0.2) is 16.5 Å². The number of aromatic nitrogens is 2. The highest BCUT2D eigenvalue weighted by Crippen LogP contribution is 2.24. The summed E-state index contributed by atoms with van der Waals surface area (Å²) in [6.07, 6.45) is 4.42. The van der Waals surface area contributed by atoms with Crippen LogP contribution >= 0.6 is 23.6 Å². The van der Waals surface area contributed by atoms with E-state index >= 15 is 0 Å². The summed E-state index contributed by atoms with van der Waals surface area (Å²) < 4.78 is 0.578. The second-order valence-electron chi connectivity index (χ2n) is 4.49. The summed E-state index contributed by atoms with van der Waals surface area (Å²) in [5.74, 6) is 0.989. The molecule has 0 spiro atoms. The normalized spacial score (nSPS) is 14.7. The van der Waals surface area contributed by atoms with Gasteiger partial charge in [0, 0.05) is 29.1 Å². The van der Waals surface area contributed by atoms with Crippen LogP contribution in [-0.2, 0) is 12.8 Å². The van der Waals surface area contributed by atoms with Crippen molar-refractivity contribution in [1.29, 1.82) is 0 Å². The van der Waals surface area contributed by atoms with Gasteiger partial charge >= 0.3 is 0 Å². The maximum atomic E-state index is 5.22. The van der Waals surface area contributed by atoms with E-state index in [9.17, 15) is 0 Å². The second kappa shape index (κ2) is 5.20. The Labute approximate surface area is 115 Å². The van der Waals surface area contributed by atoms with Crippen LogP contribution in [0.2, 0.25) is 0 Å². The first-order chi connectivity index (χ1) is 8.83. The predicted molar refractivity (Wildman–Crippen MR) is 78.0 cm³/mol. The quantitative estimate of drug-likeness (QED) is 0.825. The summed E-state index contributed by atoms with van der Waals surface area (Å²) in [6, 6.07) is 4.26. The molecule has 94 valence electrons. The minimum Gasteiger partial charge on any atom is -0.370 e. The Morgan fingerprint density at radius 2 is 2.33 bits per heavy atom. The lowest BCUT2D eigenvalue weighted by Gasteiger charge is -2.11. The third-order valence-corrected chi connectivity index (χ3v) is 4.27. The molecular weight excluding hydrogens is 262 g/mol. The van der Waals surface area contributed by atoms with Gasteiger partial charge in [0.1, 0.15) is 5.82 Å². The topological polar surface area (TPSA) is 40.7 Å². The molecule has 1 aliphatic rings. The maximum absolute atomic E-state index is 5.22. The number of fused-ring (bicyclic) bond motifs is 1. The molecule has 1 aliphatic heterocycles. The van der Waals surface area contributed by atoms with Gasteiger partial charge in [0.05, 0.1) is 0 Å². The Morgan fingerprint density at radius 3 is 3.17 bits per heavy atom. The molecule has 0 amide bonds. The number of H-pyrrole nitrogens is 1. The van der Waals surface area contributed by atoms with E-state index in [0.717, 1.165) is 25.2 Å². The molecule has 0 atom stereocenters. The monoisotopic (exact) mass is 277 g/mol. The van der Waals surface area contributed by atoms with Gasteiger partial charge in [-0.2, -0.15) is 0 Å². The molecule has 2 N–H and O–H groups in total. The van der Waals surface area contributed by atoms with Gasteiger partial charge in [-0.1, -0.05) is 6.07 Å². The number of rotatable bonds is 2. The molecule has 3 nitrogen and oxygen atoms in total. The Hall–Kier alpha value is -1.20. The van der Waals surface area contributed by atoms with Gasteiger partial charge in [-0.05, 0) is 42.9 Å². The van der Waals surface area contributed by atoms with Gasteiger partial charge in [0.2, 0.25) is 0 Å². The smallest absolute Gasteiger partial charge is 0.198 e. The molecule has 0 fully saturated rings. The van der Waals surface area contributed by atoms with Crippen LogP contribution in [0.25, 0.3) is 0 Å². The average molecular weight is 277 g/mol. The van der Waals surface area contributed by atoms with Crippen LogP contribution in [0.15, 0.2) is 17.5 Å². The van der Waals surface area contributed by atoms with Gasteiger partial charge in [0.15, 0.2) is 4.77 Å². The molecule has 0 bridgehead atoms. The molecule has 0 radical (unpaired) electrons. The van der Waals surface area contributed by atoms with Crippen molar-refractivity contribution in [1.82, 2.24) is 9.97 Å². The maximum Gasteiger partial charge on any atom is 0.198 e. The van der Waals surface area contributed by atoms with Crippen molar-refractivity contribution >= 4 is 29.4 Å². The minimum atomic E-state index is 0.578. The van der Waals surface area contributed by atoms with Crippen LogP contribution in [0.4, 0.5) is 5.82 Å². The third-order valence-electron chi connectivity index (χ3n) is 3.20. The van der Waals surface area contributed by atoms with E-state index in [1.165, 1.54) is 29.0 Å². The van der Waals surface area contributed by atoms with Crippen LogP contribution in [0, 0.1) is 4.77 Å². The van der Waals surface area contributed by atoms with Gasteiger partial charge in [0.25, 0.3) is 0 Å². The zero-order valence-electron chi connectivity index (χ0n) is 10.0. The van der Waals surface area contributed by atoms with E-state index in [-0.39, 0.29) is 0 Å². The van der Waals surface area contributed by atoms with Crippen molar-refractivity contribution in [2.24, 2.45) is 0 Å². The summed E-state index contributed by atoms with van der Waals surface area (Å²) in [4.78, 5) is 9.05. The lowest BCUT2D eigenvalue weighted by atomic mass is 10.1. The van der Waals surface area contributed by atoms with E-state index in [1.807, 2.05) is 0 Å². The summed E-state index contributed by atoms with van der Waals surface area (Å²) in [5.41, 5.74) is 2.54. The van der Waals surface area contributed by atoms with Gasteiger partial charge < -0.3 is 10.3 Å². The first kappa shape index (κ1) is 11.9. The van der Waals surface area contributed by atoms with Crippen LogP contribution in [0.3, 0.4) is 0 Å². The molecule has 3 heterocycles. The van der Waals surface area contributed by atoms with E-state index in [1.54, 1.807) is 11.3 Å². The Balaban J connectivity index is 2.02. The first-order valence-corrected chi connectivity index (χ1v) is 7.50. The molecule has 0 aromatic carbocycles. The van der Waals surface area contributed by atoms with Crippen LogP contribution in [0.1, 0.15) is 29.0 Å². The number of thiophene rings is 1. The molecule has 3 rings (SSSR count). The molecule has 0 saturated carbocycles. The molecule has 2 aromatic rings. The zero-order valence-corrected chi connectivity index (χ0v) is 11.7. The Bertz CT molecular complexity index is 587. The molecule has 18 heavy (non-hydrogen) atoms. The Morgan fingerprint density at radius 1 is 1.39 bits per heavy atom. The van der Waals surface area contributed by atoms with Crippen molar-refractivity contribution in [3.05, 3.63) is 38.4 Å². The average Bonchev–Trinajstić information content (AvgIpc) is 2.73. The van der Waals surface area contributed by atoms with E-state index in [4.69, 9.17) is 12.2 Å². The molecule has 2 aromatic heterocycles. The van der Waals surface area contributed by atoms with Gasteiger partial charge in [-0.25, -0.2) is 4.98 Å². The van der Waals surface area contributed by atoms with Crippen molar-refractivity contribution in [3.63, 3.8) is 0 Å². The lowest BCUT2D eigenvalue weighted by molar-refractivity contribution is 0.777. The van der Waals surface area contributed by atoms with Crippen molar-refractivity contribution in [2.75, 3.05) is 11.9 Å². The predicted octanol–water partition coefficient (Wildman–Crippen LogP) is 3.54. The highest BCUT2D eigenvalue weighted by atomic mass is 32.1. The fraction of sp³-hybridized carbons (Fsp3) is 0.385. The fourth-order valence-corrected chi connectivity index (χ4v) is 3.26. The minimum absolute atomic E-state index is 0.578. The fourth-order valence-electron chi connectivity index (χ4n) is 2.33. The summed E-state index contributed by atoms with van der Waals surface area (Å²) in [6.45, 7) is 0.997. The number of hydrogen-bond donors (Lipinski definition) is 2. The lowest BCUT2D eigenvalue weighted by Crippen LogP contribution is -2.07. The van der Waals surface area contributed by atoms with E-state index < -0.39 is 0 Å². The SMILES string of the molecule is S=c1nc2c(c(Cc3cccs3)[nH]1)CCCCN2. The third kappa shape index (κ3) is 2.47. The highest BCUT2D eigenvalue weighted by molar-refractivity contribution is 7.71. The summed E-state index contributed by atoms with van der Waals surface area (Å²) in [5, 5.41) is 5.50. The number of nitrogens with zero attached hydrogens (tertiary/aromatic N) is 1. The number of anilines is 1. The van der Waals surface area contributed by atoms with Gasteiger partial charge in [-0.3, -0.25) is 0 Å². The van der Waals surface area contributed by atoms with E-state index in [0.29, 0.717) is 4.77 Å². The number of aromatic amines is 1. The summed E-state index contributed by atoms with van der Waals surface area (Å²) >= 11 is 7.01. The number of nitrogens with one attached hydrogen (secondary N) is 2. The first-order valence-electron chi connectivity index (χ1n) is 6.21. The molecule has 5 heteroatoms. The molecule has 0 unspecified atom stereocenters. The molecular formula is C13H15N3S2. The number of hydrogen-bond acceptors (Lipinski definition) is 4.